The Morgan fingerprint density at radius 3 is 2.33 bits per heavy atom. The molecule has 27 heavy (non-hydrogen) atoms. The Hall–Kier alpha value is -2.17. The van der Waals surface area contributed by atoms with Crippen LogP contribution in [-0.2, 0) is 16.2 Å². The molecule has 0 heterocycles. The molecule has 146 valence electrons. The van der Waals surface area contributed by atoms with E-state index in [-0.39, 0.29) is 0 Å². The van der Waals surface area contributed by atoms with Gasteiger partial charge in [0.1, 0.15) is 18.1 Å². The largest absolute Gasteiger partial charge is 0.494 e. The molecule has 4 heteroatoms. The van der Waals surface area contributed by atoms with Crippen LogP contribution < -0.4 is 10.2 Å². The molecule has 0 saturated carbocycles. The second-order valence-electron chi connectivity index (χ2n) is 6.69. The maximum Gasteiger partial charge on any atom is 0.143 e. The zero-order valence-corrected chi connectivity index (χ0v) is 16.2. The van der Waals surface area contributed by atoms with Gasteiger partial charge in [0, 0.05) is 0 Å². The Morgan fingerprint density at radius 2 is 1.63 bits per heavy atom. The molecule has 1 atom stereocenters. The highest BCUT2D eigenvalue weighted by Gasteiger charge is 2.09. The monoisotopic (exact) mass is 369 g/mol. The van der Waals surface area contributed by atoms with E-state index in [0.29, 0.717) is 6.61 Å². The molecule has 0 aliphatic rings. The summed E-state index contributed by atoms with van der Waals surface area (Å²) < 4.78 is 5.78. The summed E-state index contributed by atoms with van der Waals surface area (Å²) >= 11 is 0. The summed E-state index contributed by atoms with van der Waals surface area (Å²) in [7, 11) is 0. The summed E-state index contributed by atoms with van der Waals surface area (Å²) in [5, 5.41) is 0. The standard InChI is InChI=1S/C23H31NO3/c1-2-3-4-5-6-10-17-26-22-15-13-20(14-16-22)19-27-24-23(18-25)21-11-8-7-9-12-21/h7-9,11-16,18,23-24H,2-6,10,17,19H2,1H3. The van der Waals surface area contributed by atoms with E-state index in [9.17, 15) is 4.79 Å². The average Bonchev–Trinajstić information content (AvgIpc) is 2.72. The van der Waals surface area contributed by atoms with Gasteiger partial charge in [-0.15, -0.1) is 0 Å². The third-order valence-corrected chi connectivity index (χ3v) is 4.43. The number of hydrogen-bond donors (Lipinski definition) is 1. The van der Waals surface area contributed by atoms with E-state index >= 15 is 0 Å². The number of hydroxylamine groups is 1. The number of aldehydes is 1. The first-order valence-electron chi connectivity index (χ1n) is 9.92. The predicted octanol–water partition coefficient (Wildman–Crippen LogP) is 5.39. The summed E-state index contributed by atoms with van der Waals surface area (Å²) in [6.07, 6.45) is 8.42. The second kappa shape index (κ2) is 13.1. The number of ether oxygens (including phenoxy) is 1. The number of carbonyl (C=O) groups is 1. The Kier molecular flexibility index (Phi) is 10.2. The number of carbonyl (C=O) groups excluding carboxylic acids is 1. The lowest BCUT2D eigenvalue weighted by Crippen LogP contribution is -2.22. The average molecular weight is 370 g/mol. The first-order valence-corrected chi connectivity index (χ1v) is 9.92. The van der Waals surface area contributed by atoms with Gasteiger partial charge >= 0.3 is 0 Å². The lowest BCUT2D eigenvalue weighted by molar-refractivity contribution is -0.114. The molecule has 0 amide bonds. The van der Waals surface area contributed by atoms with Crippen molar-refractivity contribution in [1.29, 1.82) is 0 Å². The minimum absolute atomic E-state index is 0.384. The molecule has 0 saturated heterocycles. The van der Waals surface area contributed by atoms with E-state index in [2.05, 4.69) is 12.4 Å². The lowest BCUT2D eigenvalue weighted by atomic mass is 10.1. The van der Waals surface area contributed by atoms with Crippen LogP contribution in [0.2, 0.25) is 0 Å². The van der Waals surface area contributed by atoms with Gasteiger partial charge in [0.15, 0.2) is 0 Å². The number of rotatable bonds is 14. The van der Waals surface area contributed by atoms with Crippen molar-refractivity contribution >= 4 is 6.29 Å². The number of nitrogens with one attached hydrogen (secondary N) is 1. The third kappa shape index (κ3) is 8.37. The van der Waals surface area contributed by atoms with Gasteiger partial charge in [0.25, 0.3) is 0 Å². The first kappa shape index (κ1) is 21.1. The Bertz CT molecular complexity index is 628. The summed E-state index contributed by atoms with van der Waals surface area (Å²) in [6, 6.07) is 16.9. The molecule has 2 aromatic carbocycles. The summed E-state index contributed by atoms with van der Waals surface area (Å²) in [5.74, 6) is 0.885. The number of benzene rings is 2. The van der Waals surface area contributed by atoms with Crippen molar-refractivity contribution in [3.8, 4) is 5.75 Å². The quantitative estimate of drug-likeness (QED) is 0.276. The predicted molar refractivity (Wildman–Crippen MR) is 108 cm³/mol. The van der Waals surface area contributed by atoms with E-state index in [0.717, 1.165) is 36.2 Å². The van der Waals surface area contributed by atoms with Crippen molar-refractivity contribution in [2.24, 2.45) is 0 Å². The molecule has 1 unspecified atom stereocenters. The van der Waals surface area contributed by atoms with Gasteiger partial charge in [-0.1, -0.05) is 81.5 Å². The van der Waals surface area contributed by atoms with Crippen LogP contribution in [0.5, 0.6) is 5.75 Å². The zero-order valence-electron chi connectivity index (χ0n) is 16.2. The fraction of sp³-hybridized carbons (Fsp3) is 0.435. The molecule has 0 aliphatic heterocycles. The van der Waals surface area contributed by atoms with Crippen molar-refractivity contribution in [2.75, 3.05) is 6.61 Å². The van der Waals surface area contributed by atoms with Gasteiger partial charge in [-0.2, -0.15) is 5.48 Å². The molecular formula is C23H31NO3. The molecule has 0 radical (unpaired) electrons. The van der Waals surface area contributed by atoms with Crippen molar-refractivity contribution in [3.05, 3.63) is 65.7 Å². The fourth-order valence-electron chi connectivity index (χ4n) is 2.80. The van der Waals surface area contributed by atoms with Gasteiger partial charge < -0.3 is 9.53 Å². The van der Waals surface area contributed by atoms with E-state index in [4.69, 9.17) is 9.57 Å². The molecule has 0 aliphatic carbocycles. The van der Waals surface area contributed by atoms with Crippen LogP contribution in [0.15, 0.2) is 54.6 Å². The molecule has 1 N–H and O–H groups in total. The molecule has 2 aromatic rings. The van der Waals surface area contributed by atoms with Crippen LogP contribution in [0.3, 0.4) is 0 Å². The van der Waals surface area contributed by atoms with Crippen LogP contribution in [0.1, 0.15) is 62.6 Å². The highest BCUT2D eigenvalue weighted by Crippen LogP contribution is 2.15. The fourth-order valence-corrected chi connectivity index (χ4v) is 2.80. The van der Waals surface area contributed by atoms with Crippen LogP contribution in [-0.4, -0.2) is 12.9 Å². The maximum atomic E-state index is 11.2. The number of unbranched alkanes of at least 4 members (excludes halogenated alkanes) is 5. The van der Waals surface area contributed by atoms with Crippen LogP contribution in [0, 0.1) is 0 Å². The minimum Gasteiger partial charge on any atom is -0.494 e. The topological polar surface area (TPSA) is 47.6 Å². The highest BCUT2D eigenvalue weighted by molar-refractivity contribution is 5.60. The highest BCUT2D eigenvalue weighted by atomic mass is 16.6. The van der Waals surface area contributed by atoms with Crippen LogP contribution in [0.25, 0.3) is 0 Å². The SMILES string of the molecule is CCCCCCCCOc1ccc(CONC(C=O)c2ccccc2)cc1. The van der Waals surface area contributed by atoms with Gasteiger partial charge in [-0.25, -0.2) is 0 Å². The number of hydrogen-bond acceptors (Lipinski definition) is 4. The molecule has 0 aromatic heterocycles. The lowest BCUT2D eigenvalue weighted by Gasteiger charge is -2.13. The van der Waals surface area contributed by atoms with Crippen molar-refractivity contribution in [1.82, 2.24) is 5.48 Å². The third-order valence-electron chi connectivity index (χ3n) is 4.43. The van der Waals surface area contributed by atoms with Crippen LogP contribution in [0.4, 0.5) is 0 Å². The molecular weight excluding hydrogens is 338 g/mol. The molecule has 0 spiro atoms. The molecule has 2 rings (SSSR count). The second-order valence-corrected chi connectivity index (χ2v) is 6.69. The summed E-state index contributed by atoms with van der Waals surface area (Å²) in [5.41, 5.74) is 4.71. The van der Waals surface area contributed by atoms with Crippen molar-refractivity contribution in [2.45, 2.75) is 58.1 Å². The van der Waals surface area contributed by atoms with Gasteiger partial charge in [-0.3, -0.25) is 4.84 Å². The smallest absolute Gasteiger partial charge is 0.143 e. The van der Waals surface area contributed by atoms with E-state index < -0.39 is 6.04 Å². The molecule has 0 bridgehead atoms. The van der Waals surface area contributed by atoms with Crippen molar-refractivity contribution < 1.29 is 14.4 Å². The van der Waals surface area contributed by atoms with E-state index in [1.807, 2.05) is 54.6 Å². The van der Waals surface area contributed by atoms with Crippen LogP contribution >= 0.6 is 0 Å². The maximum absolute atomic E-state index is 11.2. The Labute approximate surface area is 162 Å². The zero-order chi connectivity index (χ0) is 19.2. The van der Waals surface area contributed by atoms with Gasteiger partial charge in [0.05, 0.1) is 13.2 Å². The summed E-state index contributed by atoms with van der Waals surface area (Å²) in [6.45, 7) is 3.38. The molecule has 4 nitrogen and oxygen atoms in total. The van der Waals surface area contributed by atoms with E-state index in [1.54, 1.807) is 0 Å². The summed E-state index contributed by atoms with van der Waals surface area (Å²) in [4.78, 5) is 16.7. The Balaban J connectivity index is 1.64. The van der Waals surface area contributed by atoms with Gasteiger partial charge in [0.2, 0.25) is 0 Å². The Morgan fingerprint density at radius 1 is 0.926 bits per heavy atom. The minimum atomic E-state index is -0.467. The van der Waals surface area contributed by atoms with Gasteiger partial charge in [-0.05, 0) is 29.7 Å². The molecule has 0 fully saturated rings. The first-order chi connectivity index (χ1) is 13.3. The van der Waals surface area contributed by atoms with E-state index in [1.165, 1.54) is 32.1 Å². The normalized spacial score (nSPS) is 11.9. The van der Waals surface area contributed by atoms with Crippen molar-refractivity contribution in [3.63, 3.8) is 0 Å².